The lowest BCUT2D eigenvalue weighted by Crippen LogP contribution is -2.46. The van der Waals surface area contributed by atoms with Crippen molar-refractivity contribution in [2.45, 2.75) is 11.6 Å². The fraction of sp³-hybridized carbons (Fsp3) is 0.345. The number of aromatic nitrogens is 2. The summed E-state index contributed by atoms with van der Waals surface area (Å²) < 4.78 is 10.6. The standard InChI is InChI=1S/C29H34ClN5O3S/c1-37-24-11-10-23(19-25(24)38-2)12-13-31-28(36)21-39-29-32-26(30)20-27(33-29)35-17-15-34(16-18-35)14-6-9-22-7-4-3-5-8-22/h3-11,19-20H,12-18,21H2,1-2H3,(H,31,36). The molecule has 1 amide bonds. The largest absolute Gasteiger partial charge is 0.493 e. The molecular formula is C29H34ClN5O3S. The molecular weight excluding hydrogens is 534 g/mol. The van der Waals surface area contributed by atoms with Gasteiger partial charge in [-0.15, -0.1) is 0 Å². The van der Waals surface area contributed by atoms with Gasteiger partial charge in [-0.1, -0.05) is 71.9 Å². The monoisotopic (exact) mass is 567 g/mol. The van der Waals surface area contributed by atoms with Gasteiger partial charge in [0.05, 0.1) is 20.0 Å². The molecule has 206 valence electrons. The Labute approximate surface area is 239 Å². The molecule has 1 aliphatic rings. The van der Waals surface area contributed by atoms with Gasteiger partial charge in [-0.05, 0) is 29.7 Å². The van der Waals surface area contributed by atoms with Crippen LogP contribution < -0.4 is 19.7 Å². The minimum Gasteiger partial charge on any atom is -0.493 e. The van der Waals surface area contributed by atoms with E-state index in [1.807, 2.05) is 36.4 Å². The highest BCUT2D eigenvalue weighted by molar-refractivity contribution is 7.99. The van der Waals surface area contributed by atoms with Gasteiger partial charge in [0.15, 0.2) is 16.7 Å². The van der Waals surface area contributed by atoms with Crippen molar-refractivity contribution in [3.8, 4) is 11.5 Å². The number of hydrogen-bond donors (Lipinski definition) is 1. The normalized spacial score (nSPS) is 14.0. The molecule has 0 saturated carbocycles. The van der Waals surface area contributed by atoms with Crippen LogP contribution in [0.4, 0.5) is 5.82 Å². The van der Waals surface area contributed by atoms with Gasteiger partial charge in [0.25, 0.3) is 0 Å². The van der Waals surface area contributed by atoms with Crippen molar-refractivity contribution < 1.29 is 14.3 Å². The van der Waals surface area contributed by atoms with E-state index < -0.39 is 0 Å². The summed E-state index contributed by atoms with van der Waals surface area (Å²) in [4.78, 5) is 26.1. The topological polar surface area (TPSA) is 79.8 Å². The molecule has 10 heteroatoms. The number of rotatable bonds is 12. The number of piperazine rings is 1. The summed E-state index contributed by atoms with van der Waals surface area (Å²) in [5.74, 6) is 2.29. The number of amides is 1. The first-order valence-electron chi connectivity index (χ1n) is 12.9. The van der Waals surface area contributed by atoms with E-state index in [-0.39, 0.29) is 11.7 Å². The summed E-state index contributed by atoms with van der Waals surface area (Å²) in [7, 11) is 3.21. The van der Waals surface area contributed by atoms with Gasteiger partial charge < -0.3 is 19.7 Å². The first-order valence-corrected chi connectivity index (χ1v) is 14.2. The number of methoxy groups -OCH3 is 2. The van der Waals surface area contributed by atoms with Crippen molar-refractivity contribution in [2.75, 3.05) is 64.1 Å². The number of nitrogens with zero attached hydrogens (tertiary/aromatic N) is 4. The predicted molar refractivity (Wildman–Crippen MR) is 158 cm³/mol. The molecule has 3 aromatic rings. The summed E-state index contributed by atoms with van der Waals surface area (Å²) in [6, 6.07) is 17.9. The fourth-order valence-electron chi connectivity index (χ4n) is 4.24. The second-order valence-corrected chi connectivity index (χ2v) is 10.3. The third-order valence-electron chi connectivity index (χ3n) is 6.35. The zero-order chi connectivity index (χ0) is 27.5. The van der Waals surface area contributed by atoms with Gasteiger partial charge in [0, 0.05) is 45.3 Å². The second-order valence-electron chi connectivity index (χ2n) is 9.01. The Balaban J connectivity index is 1.21. The van der Waals surface area contributed by atoms with E-state index in [0.29, 0.717) is 34.8 Å². The van der Waals surface area contributed by atoms with Gasteiger partial charge >= 0.3 is 0 Å². The third-order valence-corrected chi connectivity index (χ3v) is 7.39. The van der Waals surface area contributed by atoms with Crippen molar-refractivity contribution in [2.24, 2.45) is 0 Å². The van der Waals surface area contributed by atoms with Crippen LogP contribution in [0.15, 0.2) is 65.8 Å². The van der Waals surface area contributed by atoms with E-state index in [1.54, 1.807) is 20.3 Å². The van der Waals surface area contributed by atoms with Crippen LogP contribution in [0.2, 0.25) is 5.15 Å². The van der Waals surface area contributed by atoms with E-state index in [0.717, 1.165) is 44.1 Å². The van der Waals surface area contributed by atoms with Crippen LogP contribution in [0.3, 0.4) is 0 Å². The molecule has 0 spiro atoms. The van der Waals surface area contributed by atoms with Crippen LogP contribution in [-0.2, 0) is 11.2 Å². The number of hydrogen-bond acceptors (Lipinski definition) is 8. The molecule has 0 bridgehead atoms. The molecule has 8 nitrogen and oxygen atoms in total. The Morgan fingerprint density at radius 1 is 1.03 bits per heavy atom. The molecule has 39 heavy (non-hydrogen) atoms. The number of ether oxygens (including phenoxy) is 2. The number of thioether (sulfide) groups is 1. The highest BCUT2D eigenvalue weighted by Gasteiger charge is 2.19. The lowest BCUT2D eigenvalue weighted by Gasteiger charge is -2.35. The molecule has 1 aliphatic heterocycles. The molecule has 1 fully saturated rings. The molecule has 0 atom stereocenters. The lowest BCUT2D eigenvalue weighted by molar-refractivity contribution is -0.118. The molecule has 4 rings (SSSR count). The molecule has 1 N–H and O–H groups in total. The molecule has 1 saturated heterocycles. The summed E-state index contributed by atoms with van der Waals surface area (Å²) in [6.45, 7) is 5.01. The zero-order valence-corrected chi connectivity index (χ0v) is 23.9. The van der Waals surface area contributed by atoms with Crippen molar-refractivity contribution in [3.05, 3.63) is 77.0 Å². The summed E-state index contributed by atoms with van der Waals surface area (Å²) >= 11 is 7.59. The first kappa shape index (κ1) is 28.7. The Morgan fingerprint density at radius 3 is 2.54 bits per heavy atom. The SMILES string of the molecule is COc1ccc(CCNC(=O)CSc2nc(Cl)cc(N3CCN(CC=Cc4ccccc4)CC3)n2)cc1OC. The zero-order valence-electron chi connectivity index (χ0n) is 22.3. The molecule has 2 heterocycles. The van der Waals surface area contributed by atoms with Crippen LogP contribution in [0.1, 0.15) is 11.1 Å². The lowest BCUT2D eigenvalue weighted by atomic mass is 10.1. The van der Waals surface area contributed by atoms with Crippen molar-refractivity contribution in [1.82, 2.24) is 20.2 Å². The Kier molecular flexibility index (Phi) is 10.9. The maximum absolute atomic E-state index is 12.4. The summed E-state index contributed by atoms with van der Waals surface area (Å²) in [6.07, 6.45) is 5.05. The quantitative estimate of drug-likeness (QED) is 0.196. The number of carbonyl (C=O) groups excluding carboxylic acids is 1. The van der Waals surface area contributed by atoms with Crippen LogP contribution >= 0.6 is 23.4 Å². The van der Waals surface area contributed by atoms with Crippen molar-refractivity contribution in [3.63, 3.8) is 0 Å². The predicted octanol–water partition coefficient (Wildman–Crippen LogP) is 4.43. The second kappa shape index (κ2) is 14.8. The first-order chi connectivity index (χ1) is 19.0. The smallest absolute Gasteiger partial charge is 0.230 e. The average molecular weight is 568 g/mol. The fourth-order valence-corrected chi connectivity index (χ4v) is 5.15. The minimum atomic E-state index is -0.0808. The number of halogens is 1. The number of anilines is 1. The number of carbonyl (C=O) groups is 1. The molecule has 2 aromatic carbocycles. The van der Waals surface area contributed by atoms with E-state index in [9.17, 15) is 4.79 Å². The Hall–Kier alpha value is -3.27. The minimum absolute atomic E-state index is 0.0808. The number of benzene rings is 2. The van der Waals surface area contributed by atoms with Crippen LogP contribution in [0.25, 0.3) is 6.08 Å². The number of nitrogens with one attached hydrogen (secondary N) is 1. The summed E-state index contributed by atoms with van der Waals surface area (Å²) in [5.41, 5.74) is 2.26. The molecule has 0 aliphatic carbocycles. The van der Waals surface area contributed by atoms with Crippen LogP contribution in [0, 0.1) is 0 Å². The van der Waals surface area contributed by atoms with Gasteiger partial charge in [0.1, 0.15) is 11.0 Å². The van der Waals surface area contributed by atoms with Crippen LogP contribution in [0.5, 0.6) is 11.5 Å². The van der Waals surface area contributed by atoms with E-state index in [2.05, 4.69) is 49.4 Å². The van der Waals surface area contributed by atoms with Gasteiger partial charge in [-0.25, -0.2) is 9.97 Å². The Morgan fingerprint density at radius 2 is 1.79 bits per heavy atom. The van der Waals surface area contributed by atoms with Gasteiger partial charge in [0.2, 0.25) is 5.91 Å². The molecule has 0 radical (unpaired) electrons. The highest BCUT2D eigenvalue weighted by atomic mass is 35.5. The van der Waals surface area contributed by atoms with Crippen molar-refractivity contribution in [1.29, 1.82) is 0 Å². The summed E-state index contributed by atoms with van der Waals surface area (Å²) in [5, 5.41) is 3.83. The van der Waals surface area contributed by atoms with E-state index in [1.165, 1.54) is 17.3 Å². The van der Waals surface area contributed by atoms with Crippen molar-refractivity contribution >= 4 is 41.2 Å². The Bertz CT molecular complexity index is 1250. The maximum atomic E-state index is 12.4. The highest BCUT2D eigenvalue weighted by Crippen LogP contribution is 2.27. The maximum Gasteiger partial charge on any atom is 0.230 e. The van der Waals surface area contributed by atoms with Gasteiger partial charge in [-0.2, -0.15) is 0 Å². The molecule has 0 unspecified atom stereocenters. The van der Waals surface area contributed by atoms with E-state index in [4.69, 9.17) is 21.1 Å². The van der Waals surface area contributed by atoms with Gasteiger partial charge in [-0.3, -0.25) is 9.69 Å². The average Bonchev–Trinajstić information content (AvgIpc) is 2.96. The molecule has 1 aromatic heterocycles. The van der Waals surface area contributed by atoms with Crippen LogP contribution in [-0.4, -0.2) is 80.0 Å². The van der Waals surface area contributed by atoms with E-state index >= 15 is 0 Å². The third kappa shape index (κ3) is 8.88.